The first-order chi connectivity index (χ1) is 13.2. The van der Waals surface area contributed by atoms with Gasteiger partial charge in [-0.25, -0.2) is 9.18 Å². The first-order valence-corrected chi connectivity index (χ1v) is 9.33. The van der Waals surface area contributed by atoms with Gasteiger partial charge in [0.25, 0.3) is 0 Å². The minimum atomic E-state index is -0.340. The van der Waals surface area contributed by atoms with Crippen molar-refractivity contribution in [3.8, 4) is 5.75 Å². The lowest BCUT2D eigenvalue weighted by atomic mass is 10.0. The van der Waals surface area contributed by atoms with Gasteiger partial charge in [-0.2, -0.15) is 0 Å². The Labute approximate surface area is 157 Å². The molecule has 0 aliphatic carbocycles. The Balaban J connectivity index is 1.70. The molecule has 3 aromatic rings. The van der Waals surface area contributed by atoms with Crippen LogP contribution in [-0.2, 0) is 19.5 Å². The summed E-state index contributed by atoms with van der Waals surface area (Å²) in [6.07, 6.45) is 2.93. The SMILES string of the molecule is CCCCc1cc(=O)oc2c3c(ccc12)OCN(Cc1ccccc1F)C3. The fraction of sp³-hybridized carbons (Fsp3) is 0.318. The van der Waals surface area contributed by atoms with Gasteiger partial charge in [0.05, 0.1) is 5.56 Å². The summed E-state index contributed by atoms with van der Waals surface area (Å²) in [5.41, 5.74) is 2.73. The normalized spacial score (nSPS) is 14.1. The number of nitrogens with zero attached hydrogens (tertiary/aromatic N) is 1. The molecule has 1 aromatic heterocycles. The van der Waals surface area contributed by atoms with Crippen molar-refractivity contribution in [2.45, 2.75) is 39.3 Å². The van der Waals surface area contributed by atoms with Gasteiger partial charge < -0.3 is 9.15 Å². The molecule has 2 heterocycles. The molecule has 1 aliphatic heterocycles. The summed E-state index contributed by atoms with van der Waals surface area (Å²) in [4.78, 5) is 14.1. The zero-order chi connectivity index (χ0) is 18.8. The van der Waals surface area contributed by atoms with Gasteiger partial charge in [-0.15, -0.1) is 0 Å². The fourth-order valence-electron chi connectivity index (χ4n) is 3.59. The Kier molecular flexibility index (Phi) is 4.94. The molecule has 0 fully saturated rings. The molecular weight excluding hydrogens is 345 g/mol. The molecule has 140 valence electrons. The summed E-state index contributed by atoms with van der Waals surface area (Å²) in [6.45, 7) is 3.47. The number of halogens is 1. The maximum Gasteiger partial charge on any atom is 0.336 e. The zero-order valence-corrected chi connectivity index (χ0v) is 15.3. The third kappa shape index (κ3) is 3.60. The number of fused-ring (bicyclic) bond motifs is 3. The molecule has 0 N–H and O–H groups in total. The molecule has 1 aliphatic rings. The predicted molar refractivity (Wildman–Crippen MR) is 102 cm³/mol. The van der Waals surface area contributed by atoms with E-state index in [0.29, 0.717) is 31.0 Å². The van der Waals surface area contributed by atoms with Gasteiger partial charge in [-0.1, -0.05) is 31.5 Å². The van der Waals surface area contributed by atoms with Crippen LogP contribution in [0.2, 0.25) is 0 Å². The molecule has 0 spiro atoms. The van der Waals surface area contributed by atoms with E-state index in [-0.39, 0.29) is 11.4 Å². The summed E-state index contributed by atoms with van der Waals surface area (Å²) in [5, 5.41) is 0.957. The molecule has 0 saturated heterocycles. The lowest BCUT2D eigenvalue weighted by molar-refractivity contribution is 0.0879. The number of hydrogen-bond donors (Lipinski definition) is 0. The highest BCUT2D eigenvalue weighted by atomic mass is 19.1. The summed E-state index contributed by atoms with van der Waals surface area (Å²) in [5.74, 6) is 0.498. The van der Waals surface area contributed by atoms with Crippen LogP contribution in [0.5, 0.6) is 5.75 Å². The van der Waals surface area contributed by atoms with Gasteiger partial charge in [-0.05, 0) is 36.6 Å². The van der Waals surface area contributed by atoms with E-state index in [1.807, 2.05) is 23.1 Å². The predicted octanol–water partition coefficient (Wildman–Crippen LogP) is 4.63. The van der Waals surface area contributed by atoms with E-state index in [9.17, 15) is 9.18 Å². The number of aryl methyl sites for hydroxylation is 1. The van der Waals surface area contributed by atoms with Crippen LogP contribution in [0, 0.1) is 5.82 Å². The Morgan fingerprint density at radius 2 is 2.00 bits per heavy atom. The Hall–Kier alpha value is -2.66. The average Bonchev–Trinajstić information content (AvgIpc) is 2.67. The van der Waals surface area contributed by atoms with E-state index < -0.39 is 0 Å². The second-order valence-electron chi connectivity index (χ2n) is 6.97. The van der Waals surface area contributed by atoms with E-state index >= 15 is 0 Å². The van der Waals surface area contributed by atoms with Crippen LogP contribution >= 0.6 is 0 Å². The Bertz CT molecular complexity index is 1030. The van der Waals surface area contributed by atoms with E-state index in [0.717, 1.165) is 41.5 Å². The average molecular weight is 367 g/mol. The molecule has 0 amide bonds. The van der Waals surface area contributed by atoms with Crippen molar-refractivity contribution >= 4 is 11.0 Å². The Morgan fingerprint density at radius 3 is 2.81 bits per heavy atom. The van der Waals surface area contributed by atoms with E-state index in [4.69, 9.17) is 9.15 Å². The highest BCUT2D eigenvalue weighted by molar-refractivity contribution is 5.85. The lowest BCUT2D eigenvalue weighted by Crippen LogP contribution is -2.32. The molecule has 5 heteroatoms. The molecule has 0 unspecified atom stereocenters. The number of rotatable bonds is 5. The third-order valence-corrected chi connectivity index (χ3v) is 4.99. The molecule has 0 radical (unpaired) electrons. The molecule has 27 heavy (non-hydrogen) atoms. The Morgan fingerprint density at radius 1 is 1.15 bits per heavy atom. The summed E-state index contributed by atoms with van der Waals surface area (Å²) in [6, 6.07) is 12.2. The molecule has 4 nitrogen and oxygen atoms in total. The summed E-state index contributed by atoms with van der Waals surface area (Å²) in [7, 11) is 0. The number of unbranched alkanes of at least 4 members (excludes halogenated alkanes) is 1. The monoisotopic (exact) mass is 367 g/mol. The number of ether oxygens (including phenoxy) is 1. The van der Waals surface area contributed by atoms with Crippen molar-refractivity contribution < 1.29 is 13.5 Å². The van der Waals surface area contributed by atoms with Crippen molar-refractivity contribution in [1.82, 2.24) is 4.90 Å². The first kappa shape index (κ1) is 17.7. The molecule has 0 saturated carbocycles. The van der Waals surface area contributed by atoms with Crippen LogP contribution in [0.4, 0.5) is 4.39 Å². The van der Waals surface area contributed by atoms with Gasteiger partial charge in [0.1, 0.15) is 23.9 Å². The largest absolute Gasteiger partial charge is 0.478 e. The van der Waals surface area contributed by atoms with Crippen LogP contribution in [0.1, 0.15) is 36.5 Å². The van der Waals surface area contributed by atoms with Crippen molar-refractivity contribution in [1.29, 1.82) is 0 Å². The minimum Gasteiger partial charge on any atom is -0.478 e. The van der Waals surface area contributed by atoms with Gasteiger partial charge in [0, 0.05) is 30.1 Å². The number of hydrogen-bond acceptors (Lipinski definition) is 4. The van der Waals surface area contributed by atoms with Crippen molar-refractivity contribution in [3.05, 3.63) is 75.4 Å². The van der Waals surface area contributed by atoms with Crippen LogP contribution in [0.15, 0.2) is 51.7 Å². The fourth-order valence-corrected chi connectivity index (χ4v) is 3.59. The maximum absolute atomic E-state index is 14.0. The van der Waals surface area contributed by atoms with Gasteiger partial charge in [0.15, 0.2) is 0 Å². The van der Waals surface area contributed by atoms with Crippen LogP contribution in [0.3, 0.4) is 0 Å². The van der Waals surface area contributed by atoms with Crippen LogP contribution in [0.25, 0.3) is 11.0 Å². The highest BCUT2D eigenvalue weighted by Crippen LogP contribution is 2.34. The van der Waals surface area contributed by atoms with Gasteiger partial charge in [0.2, 0.25) is 0 Å². The van der Waals surface area contributed by atoms with Crippen LogP contribution < -0.4 is 10.4 Å². The molecule has 4 rings (SSSR count). The second kappa shape index (κ2) is 7.53. The lowest BCUT2D eigenvalue weighted by Gasteiger charge is -2.29. The highest BCUT2D eigenvalue weighted by Gasteiger charge is 2.23. The first-order valence-electron chi connectivity index (χ1n) is 9.33. The van der Waals surface area contributed by atoms with E-state index in [1.165, 1.54) is 6.07 Å². The molecule has 0 bridgehead atoms. The molecular formula is C22H22FNO3. The summed E-state index contributed by atoms with van der Waals surface area (Å²) >= 11 is 0. The van der Waals surface area contributed by atoms with E-state index in [1.54, 1.807) is 18.2 Å². The van der Waals surface area contributed by atoms with Gasteiger partial charge >= 0.3 is 5.63 Å². The second-order valence-corrected chi connectivity index (χ2v) is 6.97. The van der Waals surface area contributed by atoms with E-state index in [2.05, 4.69) is 6.92 Å². The van der Waals surface area contributed by atoms with Gasteiger partial charge in [-0.3, -0.25) is 4.90 Å². The van der Waals surface area contributed by atoms with Crippen molar-refractivity contribution in [2.75, 3.05) is 6.73 Å². The molecule has 0 atom stereocenters. The summed E-state index contributed by atoms with van der Waals surface area (Å²) < 4.78 is 25.4. The molecule has 2 aromatic carbocycles. The standard InChI is InChI=1S/C22H22FNO3/c1-2-3-6-15-11-21(25)27-22-17(15)9-10-20-18(22)13-24(14-26-20)12-16-7-4-5-8-19(16)23/h4-5,7-11H,2-3,6,12-14H2,1H3. The smallest absolute Gasteiger partial charge is 0.336 e. The number of benzene rings is 2. The van der Waals surface area contributed by atoms with Crippen molar-refractivity contribution in [2.24, 2.45) is 0 Å². The van der Waals surface area contributed by atoms with Crippen LogP contribution in [-0.4, -0.2) is 11.6 Å². The zero-order valence-electron chi connectivity index (χ0n) is 15.3. The quantitative estimate of drug-likeness (QED) is 0.617. The minimum absolute atomic E-state index is 0.227. The third-order valence-electron chi connectivity index (χ3n) is 4.99. The van der Waals surface area contributed by atoms with Crippen molar-refractivity contribution in [3.63, 3.8) is 0 Å². The maximum atomic E-state index is 14.0. The topological polar surface area (TPSA) is 42.7 Å².